The predicted molar refractivity (Wildman–Crippen MR) is 67.8 cm³/mol. The summed E-state index contributed by atoms with van der Waals surface area (Å²) >= 11 is 9.28. The van der Waals surface area contributed by atoms with Crippen molar-refractivity contribution >= 4 is 32.6 Å². The Morgan fingerprint density at radius 1 is 1.33 bits per heavy atom. The first-order valence-corrected chi connectivity index (χ1v) is 5.85. The van der Waals surface area contributed by atoms with Gasteiger partial charge in [0.05, 0.1) is 6.07 Å². The first-order valence-electron chi connectivity index (χ1n) is 4.35. The van der Waals surface area contributed by atoms with Gasteiger partial charge >= 0.3 is 0 Å². The number of halogens is 2. The van der Waals surface area contributed by atoms with Crippen LogP contribution in [0.5, 0.6) is 0 Å². The maximum Gasteiger partial charge on any atom is 0.0956 e. The largest absolute Gasteiger partial charge is 0.193 e. The zero-order chi connectivity index (χ0) is 11.1. The van der Waals surface area contributed by atoms with Gasteiger partial charge in [0.15, 0.2) is 0 Å². The highest BCUT2D eigenvalue weighted by atomic mass is 79.9. The number of benzene rings is 1. The molecular weight excluding hydrogens is 273 g/mol. The van der Waals surface area contributed by atoms with E-state index in [-0.39, 0.29) is 0 Å². The zero-order valence-electron chi connectivity index (χ0n) is 7.95. The fourth-order valence-corrected chi connectivity index (χ4v) is 1.48. The third kappa shape index (κ3) is 3.91. The molecule has 0 fully saturated rings. The van der Waals surface area contributed by atoms with Gasteiger partial charge in [0.1, 0.15) is 0 Å². The Bertz CT molecular complexity index is 415. The molecule has 1 nitrogen and oxygen atoms in total. The van der Waals surface area contributed by atoms with Crippen LogP contribution in [-0.2, 0) is 0 Å². The summed E-state index contributed by atoms with van der Waals surface area (Å²) in [5.41, 5.74) is 1.59. The van der Waals surface area contributed by atoms with Gasteiger partial charge in [0.25, 0.3) is 0 Å². The van der Waals surface area contributed by atoms with Gasteiger partial charge in [-0.2, -0.15) is 5.26 Å². The summed E-state index contributed by atoms with van der Waals surface area (Å²) in [6.07, 6.45) is 3.45. The van der Waals surface area contributed by atoms with Gasteiger partial charge in [-0.15, -0.1) is 0 Å². The van der Waals surface area contributed by atoms with Crippen LogP contribution in [0, 0.1) is 11.3 Å². The molecule has 1 rings (SSSR count). The van der Waals surface area contributed by atoms with E-state index >= 15 is 0 Å². The lowest BCUT2D eigenvalue weighted by Crippen LogP contribution is -1.78. The molecule has 76 valence electrons. The van der Waals surface area contributed by atoms with E-state index in [1.165, 1.54) is 0 Å². The Balaban J connectivity index is 2.87. The first-order chi connectivity index (χ1) is 7.27. The second-order valence-electron chi connectivity index (χ2n) is 2.82. The highest BCUT2D eigenvalue weighted by Gasteiger charge is 1.95. The quantitative estimate of drug-likeness (QED) is 0.465. The lowest BCUT2D eigenvalue weighted by atomic mass is 10.2. The van der Waals surface area contributed by atoms with E-state index in [0.717, 1.165) is 5.56 Å². The molecule has 0 N–H and O–H groups in total. The van der Waals surface area contributed by atoms with Crippen molar-refractivity contribution in [3.8, 4) is 6.07 Å². The fourth-order valence-electron chi connectivity index (χ4n) is 0.979. The monoisotopic (exact) mass is 281 g/mol. The molecule has 15 heavy (non-hydrogen) atoms. The number of rotatable bonds is 3. The van der Waals surface area contributed by atoms with Gasteiger partial charge < -0.3 is 0 Å². The van der Waals surface area contributed by atoms with Crippen LogP contribution in [0.2, 0.25) is 0 Å². The van der Waals surface area contributed by atoms with Crippen molar-refractivity contribution in [3.05, 3.63) is 53.6 Å². The number of nitriles is 1. The predicted octanol–water partition coefficient (Wildman–Crippen LogP) is 4.11. The van der Waals surface area contributed by atoms with Gasteiger partial charge in [-0.05, 0) is 17.7 Å². The number of allylic oxidation sites excluding steroid dienone is 3. The summed E-state index contributed by atoms with van der Waals surface area (Å²) in [7, 11) is 0. The molecule has 0 saturated heterocycles. The van der Waals surface area contributed by atoms with Crippen LogP contribution in [0.4, 0.5) is 0 Å². The SMILES string of the molecule is N#C/C(=C\C=C(/Cl)c1ccccc1)CBr. The van der Waals surface area contributed by atoms with E-state index in [2.05, 4.69) is 22.0 Å². The molecule has 1 aromatic rings. The maximum atomic E-state index is 8.69. The number of hydrogen-bond donors (Lipinski definition) is 0. The normalized spacial score (nSPS) is 12.3. The Hall–Kier alpha value is -1.04. The molecule has 0 amide bonds. The molecule has 0 aromatic heterocycles. The molecule has 0 heterocycles. The first kappa shape index (κ1) is 12.0. The molecular formula is C12H9BrClN. The van der Waals surface area contributed by atoms with Crippen molar-refractivity contribution < 1.29 is 0 Å². The van der Waals surface area contributed by atoms with E-state index in [0.29, 0.717) is 15.9 Å². The summed E-state index contributed by atoms with van der Waals surface area (Å²) in [6.45, 7) is 0. The van der Waals surface area contributed by atoms with Gasteiger partial charge in [-0.1, -0.05) is 57.9 Å². The number of hydrogen-bond acceptors (Lipinski definition) is 1. The molecule has 0 bridgehead atoms. The molecule has 0 aliphatic carbocycles. The van der Waals surface area contributed by atoms with Crippen molar-refractivity contribution in [1.82, 2.24) is 0 Å². The minimum atomic E-state index is 0.541. The van der Waals surface area contributed by atoms with Crippen LogP contribution in [0.25, 0.3) is 5.03 Å². The van der Waals surface area contributed by atoms with Crippen molar-refractivity contribution in [2.45, 2.75) is 0 Å². The summed E-state index contributed by atoms with van der Waals surface area (Å²) < 4.78 is 0. The van der Waals surface area contributed by atoms with Gasteiger partial charge in [-0.25, -0.2) is 0 Å². The standard InChI is InChI=1S/C12H9BrClN/c13-8-10(9-15)6-7-12(14)11-4-2-1-3-5-11/h1-7H,8H2/b10-6-,12-7-. The summed E-state index contributed by atoms with van der Waals surface area (Å²) in [6, 6.07) is 11.7. The van der Waals surface area contributed by atoms with Crippen molar-refractivity contribution in [2.75, 3.05) is 5.33 Å². The second-order valence-corrected chi connectivity index (χ2v) is 3.79. The Kier molecular flexibility index (Phi) is 5.17. The Labute approximate surface area is 103 Å². The number of nitrogens with zero attached hydrogens (tertiary/aromatic N) is 1. The third-order valence-electron chi connectivity index (χ3n) is 1.77. The smallest absolute Gasteiger partial charge is 0.0956 e. The molecule has 0 atom stereocenters. The summed E-state index contributed by atoms with van der Waals surface area (Å²) in [4.78, 5) is 0. The van der Waals surface area contributed by atoms with Crippen LogP contribution in [0.15, 0.2) is 48.1 Å². The maximum absolute atomic E-state index is 8.69. The van der Waals surface area contributed by atoms with Gasteiger partial charge in [-0.3, -0.25) is 0 Å². The molecule has 3 heteroatoms. The molecule has 0 spiro atoms. The molecule has 0 radical (unpaired) electrons. The minimum absolute atomic E-state index is 0.541. The van der Waals surface area contributed by atoms with Gasteiger partial charge in [0.2, 0.25) is 0 Å². The fraction of sp³-hybridized carbons (Fsp3) is 0.0833. The summed E-state index contributed by atoms with van der Waals surface area (Å²) in [5.74, 6) is 0. The van der Waals surface area contributed by atoms with E-state index < -0.39 is 0 Å². The van der Waals surface area contributed by atoms with Crippen LogP contribution in [0.3, 0.4) is 0 Å². The average Bonchev–Trinajstić information content (AvgIpc) is 2.31. The van der Waals surface area contributed by atoms with Crippen LogP contribution < -0.4 is 0 Å². The third-order valence-corrected chi connectivity index (χ3v) is 2.72. The van der Waals surface area contributed by atoms with Crippen LogP contribution in [-0.4, -0.2) is 5.33 Å². The molecule has 0 saturated carbocycles. The van der Waals surface area contributed by atoms with Gasteiger partial charge in [0, 0.05) is 15.9 Å². The highest BCUT2D eigenvalue weighted by molar-refractivity contribution is 9.09. The minimum Gasteiger partial charge on any atom is -0.193 e. The second kappa shape index (κ2) is 6.44. The summed E-state index contributed by atoms with van der Waals surface area (Å²) in [5, 5.41) is 9.86. The zero-order valence-corrected chi connectivity index (χ0v) is 10.3. The molecule has 0 aliphatic heterocycles. The van der Waals surface area contributed by atoms with Crippen molar-refractivity contribution in [1.29, 1.82) is 5.26 Å². The van der Waals surface area contributed by atoms with E-state index in [1.807, 2.05) is 30.3 Å². The average molecular weight is 283 g/mol. The van der Waals surface area contributed by atoms with E-state index in [9.17, 15) is 0 Å². The van der Waals surface area contributed by atoms with Crippen LogP contribution >= 0.6 is 27.5 Å². The Morgan fingerprint density at radius 3 is 2.53 bits per heavy atom. The van der Waals surface area contributed by atoms with Crippen molar-refractivity contribution in [2.24, 2.45) is 0 Å². The lowest BCUT2D eigenvalue weighted by Gasteiger charge is -1.96. The van der Waals surface area contributed by atoms with Crippen LogP contribution in [0.1, 0.15) is 5.56 Å². The molecule has 0 unspecified atom stereocenters. The number of alkyl halides is 1. The van der Waals surface area contributed by atoms with Crippen molar-refractivity contribution in [3.63, 3.8) is 0 Å². The van der Waals surface area contributed by atoms with E-state index in [4.69, 9.17) is 16.9 Å². The molecule has 0 aliphatic rings. The highest BCUT2D eigenvalue weighted by Crippen LogP contribution is 2.18. The lowest BCUT2D eigenvalue weighted by molar-refractivity contribution is 1.46. The van der Waals surface area contributed by atoms with E-state index in [1.54, 1.807) is 12.2 Å². The topological polar surface area (TPSA) is 23.8 Å². The molecule has 1 aromatic carbocycles. The Morgan fingerprint density at radius 2 is 2.00 bits per heavy atom.